The van der Waals surface area contributed by atoms with E-state index >= 15 is 0 Å². The maximum Gasteiger partial charge on any atom is 0.244 e. The van der Waals surface area contributed by atoms with Crippen molar-refractivity contribution in [2.24, 2.45) is 0 Å². The number of hydrogen-bond donors (Lipinski definition) is 2. The number of benzene rings is 1. The number of carbonyl (C=O) groups is 2. The van der Waals surface area contributed by atoms with Gasteiger partial charge >= 0.3 is 0 Å². The van der Waals surface area contributed by atoms with Crippen LogP contribution in [0.25, 0.3) is 0 Å². The third-order valence-electron chi connectivity index (χ3n) is 4.52. The lowest BCUT2D eigenvalue weighted by molar-refractivity contribution is -0.121. The molecule has 0 radical (unpaired) electrons. The van der Waals surface area contributed by atoms with Crippen molar-refractivity contribution in [2.45, 2.75) is 32.9 Å². The van der Waals surface area contributed by atoms with Gasteiger partial charge in [-0.15, -0.1) is 0 Å². The minimum Gasteiger partial charge on any atom is -0.323 e. The predicted octanol–water partition coefficient (Wildman–Crippen LogP) is 1.72. The summed E-state index contributed by atoms with van der Waals surface area (Å²) in [4.78, 5) is 26.0. The quantitative estimate of drug-likeness (QED) is 0.868. The van der Waals surface area contributed by atoms with Gasteiger partial charge in [0.05, 0.1) is 30.2 Å². The Morgan fingerprint density at radius 1 is 1.36 bits per heavy atom. The van der Waals surface area contributed by atoms with E-state index in [0.29, 0.717) is 5.69 Å². The molecule has 0 spiro atoms. The fraction of sp³-hybridized carbons (Fsp3) is 0.389. The predicted molar refractivity (Wildman–Crippen MR) is 96.6 cm³/mol. The first kappa shape index (κ1) is 17.2. The number of anilines is 2. The van der Waals surface area contributed by atoms with Crippen molar-refractivity contribution in [2.75, 3.05) is 23.3 Å². The largest absolute Gasteiger partial charge is 0.323 e. The van der Waals surface area contributed by atoms with Gasteiger partial charge in [0.2, 0.25) is 11.8 Å². The summed E-state index contributed by atoms with van der Waals surface area (Å²) in [5, 5.41) is 10.4. The van der Waals surface area contributed by atoms with Gasteiger partial charge in [-0.25, -0.2) is 0 Å². The number of fused-ring (bicyclic) bond motifs is 1. The van der Waals surface area contributed by atoms with Crippen LogP contribution in [0.1, 0.15) is 25.5 Å². The van der Waals surface area contributed by atoms with Crippen molar-refractivity contribution in [1.29, 1.82) is 0 Å². The molecule has 2 amide bonds. The van der Waals surface area contributed by atoms with Crippen LogP contribution in [-0.2, 0) is 9.59 Å². The molecule has 2 atom stereocenters. The smallest absolute Gasteiger partial charge is 0.244 e. The minimum atomic E-state index is -0.180. The van der Waals surface area contributed by atoms with Gasteiger partial charge in [-0.05, 0) is 38.5 Å². The molecule has 7 nitrogen and oxygen atoms in total. The normalized spacial score (nSPS) is 16.1. The van der Waals surface area contributed by atoms with Crippen molar-refractivity contribution in [1.82, 2.24) is 15.1 Å². The molecule has 0 aliphatic carbocycles. The number of aryl methyl sites for hydroxylation is 1. The summed E-state index contributed by atoms with van der Waals surface area (Å²) in [5.74, 6) is -0.307. The Morgan fingerprint density at radius 3 is 2.84 bits per heavy atom. The van der Waals surface area contributed by atoms with Crippen molar-refractivity contribution in [3.8, 4) is 0 Å². The SMILES string of the molecule is Cc1cnn(C(C)C(C)NCC(=O)N2CC(=O)Nc3ccccc32)c1. The number of nitrogens with zero attached hydrogens (tertiary/aromatic N) is 3. The molecule has 0 bridgehead atoms. The van der Waals surface area contributed by atoms with Gasteiger partial charge < -0.3 is 10.6 Å². The molecule has 2 aromatic rings. The van der Waals surface area contributed by atoms with Crippen LogP contribution in [0.2, 0.25) is 0 Å². The van der Waals surface area contributed by atoms with E-state index in [9.17, 15) is 9.59 Å². The number of hydrogen-bond acceptors (Lipinski definition) is 4. The van der Waals surface area contributed by atoms with Crippen LogP contribution >= 0.6 is 0 Å². The van der Waals surface area contributed by atoms with Crippen LogP contribution in [0.15, 0.2) is 36.7 Å². The summed E-state index contributed by atoms with van der Waals surface area (Å²) in [6, 6.07) is 7.49. The summed E-state index contributed by atoms with van der Waals surface area (Å²) in [6.45, 7) is 6.27. The Labute approximate surface area is 147 Å². The third-order valence-corrected chi connectivity index (χ3v) is 4.52. The number of amides is 2. The monoisotopic (exact) mass is 341 g/mol. The third kappa shape index (κ3) is 3.71. The van der Waals surface area contributed by atoms with Crippen LogP contribution in [-0.4, -0.2) is 40.7 Å². The summed E-state index contributed by atoms with van der Waals surface area (Å²) in [6.07, 6.45) is 3.80. The molecule has 2 N–H and O–H groups in total. The molecule has 25 heavy (non-hydrogen) atoms. The summed E-state index contributed by atoms with van der Waals surface area (Å²) in [7, 11) is 0. The summed E-state index contributed by atoms with van der Waals surface area (Å²) >= 11 is 0. The van der Waals surface area contributed by atoms with Crippen LogP contribution in [0.4, 0.5) is 11.4 Å². The summed E-state index contributed by atoms with van der Waals surface area (Å²) in [5.41, 5.74) is 2.50. The maximum absolute atomic E-state index is 12.6. The molecule has 132 valence electrons. The fourth-order valence-electron chi connectivity index (χ4n) is 2.85. The number of aromatic nitrogens is 2. The number of carbonyl (C=O) groups excluding carboxylic acids is 2. The van der Waals surface area contributed by atoms with E-state index < -0.39 is 0 Å². The van der Waals surface area contributed by atoms with Gasteiger partial charge in [-0.1, -0.05) is 12.1 Å². The highest BCUT2D eigenvalue weighted by Crippen LogP contribution is 2.28. The second kappa shape index (κ2) is 7.06. The molecular weight excluding hydrogens is 318 g/mol. The Morgan fingerprint density at radius 2 is 2.12 bits per heavy atom. The van der Waals surface area contributed by atoms with Gasteiger partial charge in [-0.3, -0.25) is 19.2 Å². The molecule has 0 fully saturated rings. The average molecular weight is 341 g/mol. The van der Waals surface area contributed by atoms with E-state index in [0.717, 1.165) is 11.3 Å². The molecular formula is C18H23N5O2. The van der Waals surface area contributed by atoms with Crippen molar-refractivity contribution in [3.63, 3.8) is 0 Å². The lowest BCUT2D eigenvalue weighted by Gasteiger charge is -2.30. The Kier molecular flexibility index (Phi) is 4.85. The molecule has 0 saturated carbocycles. The van der Waals surface area contributed by atoms with E-state index in [1.807, 2.05) is 49.1 Å². The van der Waals surface area contributed by atoms with Crippen LogP contribution in [0.5, 0.6) is 0 Å². The van der Waals surface area contributed by atoms with Gasteiger partial charge in [-0.2, -0.15) is 5.10 Å². The van der Waals surface area contributed by atoms with E-state index in [-0.39, 0.29) is 37.0 Å². The average Bonchev–Trinajstić information content (AvgIpc) is 3.04. The first-order valence-corrected chi connectivity index (χ1v) is 8.39. The Bertz CT molecular complexity index is 785. The first-order chi connectivity index (χ1) is 12.0. The maximum atomic E-state index is 12.6. The van der Waals surface area contributed by atoms with Gasteiger partial charge in [0.15, 0.2) is 0 Å². The first-order valence-electron chi connectivity index (χ1n) is 8.39. The molecule has 1 aliphatic rings. The molecule has 1 aliphatic heterocycles. The molecule has 2 unspecified atom stereocenters. The standard InChI is InChI=1S/C18H23N5O2/c1-12-8-20-23(10-12)14(3)13(2)19-9-18(25)22-11-17(24)21-15-6-4-5-7-16(15)22/h4-8,10,13-14,19H,9,11H2,1-3H3,(H,21,24). The molecule has 1 aromatic heterocycles. The van der Waals surface area contributed by atoms with Crippen molar-refractivity contribution in [3.05, 3.63) is 42.2 Å². The molecule has 0 saturated heterocycles. The Hall–Kier alpha value is -2.67. The van der Waals surface area contributed by atoms with Crippen LogP contribution in [0, 0.1) is 6.92 Å². The highest BCUT2D eigenvalue weighted by atomic mass is 16.2. The molecule has 7 heteroatoms. The number of nitrogens with one attached hydrogen (secondary N) is 2. The summed E-state index contributed by atoms with van der Waals surface area (Å²) < 4.78 is 1.89. The van der Waals surface area contributed by atoms with E-state index in [4.69, 9.17) is 0 Å². The molecule has 1 aromatic carbocycles. The highest BCUT2D eigenvalue weighted by Gasteiger charge is 2.27. The zero-order valence-corrected chi connectivity index (χ0v) is 14.7. The molecule has 2 heterocycles. The van der Waals surface area contributed by atoms with Gasteiger partial charge in [0.25, 0.3) is 0 Å². The number of para-hydroxylation sites is 2. The topological polar surface area (TPSA) is 79.3 Å². The van der Waals surface area contributed by atoms with E-state index in [1.165, 1.54) is 4.90 Å². The van der Waals surface area contributed by atoms with E-state index in [2.05, 4.69) is 22.7 Å². The second-order valence-electron chi connectivity index (χ2n) is 6.45. The van der Waals surface area contributed by atoms with Crippen LogP contribution < -0.4 is 15.5 Å². The zero-order valence-electron chi connectivity index (χ0n) is 14.7. The fourth-order valence-corrected chi connectivity index (χ4v) is 2.85. The Balaban J connectivity index is 1.64. The van der Waals surface area contributed by atoms with Crippen molar-refractivity contribution < 1.29 is 9.59 Å². The lowest BCUT2D eigenvalue weighted by Crippen LogP contribution is -2.47. The lowest BCUT2D eigenvalue weighted by atomic mass is 10.1. The van der Waals surface area contributed by atoms with Crippen molar-refractivity contribution >= 4 is 23.2 Å². The number of rotatable bonds is 5. The highest BCUT2D eigenvalue weighted by molar-refractivity contribution is 6.10. The second-order valence-corrected chi connectivity index (χ2v) is 6.45. The molecule has 3 rings (SSSR count). The minimum absolute atomic E-state index is 0.0415. The van der Waals surface area contributed by atoms with Crippen LogP contribution in [0.3, 0.4) is 0 Å². The van der Waals surface area contributed by atoms with Gasteiger partial charge in [0, 0.05) is 12.2 Å². The van der Waals surface area contributed by atoms with Gasteiger partial charge in [0.1, 0.15) is 6.54 Å². The zero-order chi connectivity index (χ0) is 18.0. The van der Waals surface area contributed by atoms with E-state index in [1.54, 1.807) is 6.07 Å².